The zero-order chi connectivity index (χ0) is 25.2. The molecule has 0 spiro atoms. The van der Waals surface area contributed by atoms with E-state index < -0.39 is 10.0 Å². The van der Waals surface area contributed by atoms with Crippen LogP contribution in [0.25, 0.3) is 6.08 Å². The van der Waals surface area contributed by atoms with Gasteiger partial charge in [0.25, 0.3) is 5.91 Å². The molecule has 0 radical (unpaired) electrons. The lowest BCUT2D eigenvalue weighted by atomic mass is 9.83. The summed E-state index contributed by atoms with van der Waals surface area (Å²) in [7, 11) is -1.87. The molecule has 2 aromatic carbocycles. The number of fused-ring (bicyclic) bond motifs is 1. The Labute approximate surface area is 211 Å². The number of hydrogen-bond donors (Lipinski definition) is 2. The van der Waals surface area contributed by atoms with E-state index in [2.05, 4.69) is 11.4 Å². The smallest absolute Gasteiger partial charge is 0.260 e. The van der Waals surface area contributed by atoms with Crippen LogP contribution in [-0.2, 0) is 26.0 Å². The Hall–Kier alpha value is -2.62. The Morgan fingerprint density at radius 2 is 1.94 bits per heavy atom. The van der Waals surface area contributed by atoms with Crippen molar-refractivity contribution in [2.75, 3.05) is 13.6 Å². The van der Waals surface area contributed by atoms with Crippen molar-refractivity contribution in [1.82, 2.24) is 10.2 Å². The van der Waals surface area contributed by atoms with Crippen LogP contribution in [0.3, 0.4) is 0 Å². The summed E-state index contributed by atoms with van der Waals surface area (Å²) in [4.78, 5) is 28.5. The number of nitrogens with one attached hydrogen (secondary N) is 1. The number of benzene rings is 2. The van der Waals surface area contributed by atoms with E-state index in [0.717, 1.165) is 34.4 Å². The Morgan fingerprint density at radius 1 is 1.20 bits per heavy atom. The van der Waals surface area contributed by atoms with Crippen LogP contribution >= 0.6 is 11.8 Å². The number of likely N-dealkylation sites (N-methyl/N-ethyl adjacent to an activating group) is 1. The standard InChI is InChI=1S/C26H31N3O4S2/c1-17-4-3-5-19(14-17)15-24-26(31)29(2)22-16-20(8-11-23(22)34-24)25(30)28-13-12-18-6-9-21(10-7-18)35(27,32)33/h3-7,9-10,14-15,20,22-23H,8,11-13,16H2,1-2H3,(H,28,30)(H2,27,32,33)/b24-15+. The Kier molecular flexibility index (Phi) is 7.68. The largest absolute Gasteiger partial charge is 0.356 e. The summed E-state index contributed by atoms with van der Waals surface area (Å²) in [5.41, 5.74) is 3.11. The topological polar surface area (TPSA) is 110 Å². The van der Waals surface area contributed by atoms with Crippen molar-refractivity contribution in [2.24, 2.45) is 11.1 Å². The molecule has 1 saturated heterocycles. The second kappa shape index (κ2) is 10.6. The van der Waals surface area contributed by atoms with Crippen LogP contribution in [0.15, 0.2) is 58.3 Å². The van der Waals surface area contributed by atoms with Crippen molar-refractivity contribution in [2.45, 2.75) is 48.8 Å². The first-order valence-electron chi connectivity index (χ1n) is 11.7. The molecule has 0 aromatic heterocycles. The summed E-state index contributed by atoms with van der Waals surface area (Å²) in [6.07, 6.45) is 4.90. The van der Waals surface area contributed by atoms with Gasteiger partial charge in [0.05, 0.1) is 9.80 Å². The number of carbonyl (C=O) groups is 2. The lowest BCUT2D eigenvalue weighted by Crippen LogP contribution is -2.52. The molecule has 2 fully saturated rings. The number of aryl methyl sites for hydroxylation is 1. The number of primary sulfonamides is 1. The van der Waals surface area contributed by atoms with E-state index in [4.69, 9.17) is 5.14 Å². The molecule has 3 unspecified atom stereocenters. The molecule has 1 heterocycles. The minimum Gasteiger partial charge on any atom is -0.356 e. The number of nitrogens with zero attached hydrogens (tertiary/aromatic N) is 1. The number of carbonyl (C=O) groups excluding carboxylic acids is 2. The van der Waals surface area contributed by atoms with Crippen LogP contribution in [0, 0.1) is 12.8 Å². The highest BCUT2D eigenvalue weighted by Crippen LogP contribution is 2.43. The van der Waals surface area contributed by atoms with Gasteiger partial charge < -0.3 is 10.2 Å². The van der Waals surface area contributed by atoms with Gasteiger partial charge in [0, 0.05) is 30.8 Å². The van der Waals surface area contributed by atoms with E-state index >= 15 is 0 Å². The van der Waals surface area contributed by atoms with E-state index in [9.17, 15) is 18.0 Å². The number of nitrogens with two attached hydrogens (primary N) is 1. The average Bonchev–Trinajstić information content (AvgIpc) is 2.82. The van der Waals surface area contributed by atoms with Crippen LogP contribution < -0.4 is 10.5 Å². The van der Waals surface area contributed by atoms with E-state index in [-0.39, 0.29) is 33.9 Å². The molecule has 3 atom stereocenters. The summed E-state index contributed by atoms with van der Waals surface area (Å²) >= 11 is 1.65. The first-order chi connectivity index (χ1) is 16.6. The second-order valence-electron chi connectivity index (χ2n) is 9.30. The minimum absolute atomic E-state index is 0.0107. The molecule has 2 aliphatic rings. The SMILES string of the molecule is Cc1cccc(/C=C2/SC3CCC(C(=O)NCCc4ccc(S(N)(=O)=O)cc4)CC3N(C)C2=O)c1. The van der Waals surface area contributed by atoms with Crippen molar-refractivity contribution in [1.29, 1.82) is 0 Å². The monoisotopic (exact) mass is 513 g/mol. The van der Waals surface area contributed by atoms with Gasteiger partial charge in [-0.2, -0.15) is 0 Å². The number of sulfonamides is 1. The highest BCUT2D eigenvalue weighted by molar-refractivity contribution is 8.04. The Morgan fingerprint density at radius 3 is 2.63 bits per heavy atom. The molecule has 35 heavy (non-hydrogen) atoms. The zero-order valence-corrected chi connectivity index (χ0v) is 21.6. The molecule has 2 amide bonds. The van der Waals surface area contributed by atoms with Gasteiger partial charge in [0.15, 0.2) is 0 Å². The molecule has 1 saturated carbocycles. The molecular formula is C26H31N3O4S2. The van der Waals surface area contributed by atoms with E-state index in [0.29, 0.717) is 19.4 Å². The highest BCUT2D eigenvalue weighted by Gasteiger charge is 2.42. The molecule has 3 N–H and O–H groups in total. The maximum atomic E-state index is 13.1. The fourth-order valence-electron chi connectivity index (χ4n) is 4.77. The van der Waals surface area contributed by atoms with Gasteiger partial charge in [0.2, 0.25) is 15.9 Å². The van der Waals surface area contributed by atoms with Crippen molar-refractivity contribution < 1.29 is 18.0 Å². The summed E-state index contributed by atoms with van der Waals surface area (Å²) in [5, 5.41) is 8.43. The summed E-state index contributed by atoms with van der Waals surface area (Å²) < 4.78 is 22.7. The first kappa shape index (κ1) is 25.5. The van der Waals surface area contributed by atoms with E-state index in [1.54, 1.807) is 23.9 Å². The van der Waals surface area contributed by atoms with Crippen LogP contribution in [0.1, 0.15) is 36.0 Å². The zero-order valence-electron chi connectivity index (χ0n) is 19.9. The molecule has 4 rings (SSSR count). The minimum atomic E-state index is -3.71. The quantitative estimate of drug-likeness (QED) is 0.577. The molecular weight excluding hydrogens is 482 g/mol. The Bertz CT molecular complexity index is 1240. The fourth-order valence-corrected chi connectivity index (χ4v) is 6.76. The van der Waals surface area contributed by atoms with Crippen molar-refractivity contribution in [3.63, 3.8) is 0 Å². The van der Waals surface area contributed by atoms with Gasteiger partial charge in [-0.05, 0) is 61.9 Å². The molecule has 1 aliphatic heterocycles. The lowest BCUT2D eigenvalue weighted by Gasteiger charge is -2.44. The third-order valence-corrected chi connectivity index (χ3v) is 9.07. The molecule has 0 bridgehead atoms. The average molecular weight is 514 g/mol. The van der Waals surface area contributed by atoms with Gasteiger partial charge in [0.1, 0.15) is 0 Å². The third-order valence-electron chi connectivity index (χ3n) is 6.74. The van der Waals surface area contributed by atoms with Gasteiger partial charge in [-0.1, -0.05) is 42.0 Å². The number of rotatable bonds is 6. The van der Waals surface area contributed by atoms with Gasteiger partial charge >= 0.3 is 0 Å². The summed E-state index contributed by atoms with van der Waals surface area (Å²) in [5.74, 6) is -0.0996. The van der Waals surface area contributed by atoms with E-state index in [1.165, 1.54) is 12.1 Å². The molecule has 7 nitrogen and oxygen atoms in total. The second-order valence-corrected chi connectivity index (χ2v) is 12.1. The molecule has 186 valence electrons. The van der Waals surface area contributed by atoms with E-state index in [1.807, 2.05) is 43.1 Å². The predicted octanol–water partition coefficient (Wildman–Crippen LogP) is 3.08. The number of thioether (sulfide) groups is 1. The molecule has 9 heteroatoms. The lowest BCUT2D eigenvalue weighted by molar-refractivity contribution is -0.131. The van der Waals surface area contributed by atoms with Gasteiger partial charge in [-0.15, -0.1) is 11.8 Å². The summed E-state index contributed by atoms with van der Waals surface area (Å²) in [6.45, 7) is 2.50. The number of amides is 2. The van der Waals surface area contributed by atoms with Gasteiger partial charge in [-0.3, -0.25) is 9.59 Å². The number of hydrogen-bond acceptors (Lipinski definition) is 5. The van der Waals surface area contributed by atoms with Crippen LogP contribution in [0.4, 0.5) is 0 Å². The maximum Gasteiger partial charge on any atom is 0.260 e. The molecule has 1 aliphatic carbocycles. The van der Waals surface area contributed by atoms with Crippen molar-refractivity contribution in [3.8, 4) is 0 Å². The predicted molar refractivity (Wildman–Crippen MR) is 139 cm³/mol. The van der Waals surface area contributed by atoms with Gasteiger partial charge in [-0.25, -0.2) is 13.6 Å². The fraction of sp³-hybridized carbons (Fsp3) is 0.385. The third kappa shape index (κ3) is 6.15. The van der Waals surface area contributed by atoms with Crippen molar-refractivity contribution >= 4 is 39.7 Å². The highest BCUT2D eigenvalue weighted by atomic mass is 32.2. The first-order valence-corrected chi connectivity index (χ1v) is 14.2. The van der Waals surface area contributed by atoms with Crippen LogP contribution in [-0.4, -0.2) is 50.0 Å². The Balaban J connectivity index is 1.32. The normalized spacial score (nSPS) is 23.7. The van der Waals surface area contributed by atoms with Crippen LogP contribution in [0.2, 0.25) is 0 Å². The maximum absolute atomic E-state index is 13.1. The summed E-state index contributed by atoms with van der Waals surface area (Å²) in [6, 6.07) is 14.5. The van der Waals surface area contributed by atoms with Crippen LogP contribution in [0.5, 0.6) is 0 Å². The van der Waals surface area contributed by atoms with Crippen molar-refractivity contribution in [3.05, 3.63) is 70.1 Å². The molecule has 2 aromatic rings.